The van der Waals surface area contributed by atoms with Crippen molar-refractivity contribution in [3.05, 3.63) is 23.8 Å². The normalized spacial score (nSPS) is 14.2. The van der Waals surface area contributed by atoms with Crippen molar-refractivity contribution in [1.29, 1.82) is 5.26 Å². The van der Waals surface area contributed by atoms with Gasteiger partial charge in [0.1, 0.15) is 6.07 Å². The second-order valence-electron chi connectivity index (χ2n) is 4.68. The molecular weight excluding hydrogens is 226 g/mol. The van der Waals surface area contributed by atoms with Crippen molar-refractivity contribution in [2.24, 2.45) is 5.92 Å². The highest BCUT2D eigenvalue weighted by Gasteiger charge is 2.20. The van der Waals surface area contributed by atoms with Gasteiger partial charge in [-0.05, 0) is 37.3 Å². The van der Waals surface area contributed by atoms with Crippen molar-refractivity contribution in [1.82, 2.24) is 0 Å². The molecule has 1 fully saturated rings. The van der Waals surface area contributed by atoms with Crippen molar-refractivity contribution in [3.8, 4) is 6.07 Å². The number of benzene rings is 1. The van der Waals surface area contributed by atoms with E-state index in [4.69, 9.17) is 15.7 Å². The summed E-state index contributed by atoms with van der Waals surface area (Å²) >= 11 is 0. The monoisotopic (exact) mass is 245 g/mol. The molecule has 0 bridgehead atoms. The standard InChI is InChI=1S/C14H19N3O/c15-9-12-3-1-4-13(14(12)16)17-7-2-8-18-10-11-5-6-11/h1,3-4,11,17H,2,5-8,10,16H2. The minimum Gasteiger partial charge on any atom is -0.396 e. The van der Waals surface area contributed by atoms with Crippen LogP contribution in [0.5, 0.6) is 0 Å². The summed E-state index contributed by atoms with van der Waals surface area (Å²) in [5, 5.41) is 12.1. The molecular formula is C14H19N3O. The number of nitrogens with zero attached hydrogens (tertiary/aromatic N) is 1. The summed E-state index contributed by atoms with van der Waals surface area (Å²) in [5.74, 6) is 0.820. The molecule has 0 saturated heterocycles. The Labute approximate surface area is 108 Å². The molecule has 1 aromatic rings. The summed E-state index contributed by atoms with van der Waals surface area (Å²) in [6.07, 6.45) is 3.61. The Bertz CT molecular complexity index is 435. The number of anilines is 2. The summed E-state index contributed by atoms with van der Waals surface area (Å²) < 4.78 is 5.55. The largest absolute Gasteiger partial charge is 0.396 e. The maximum Gasteiger partial charge on any atom is 0.101 e. The second kappa shape index (κ2) is 6.27. The molecule has 0 aliphatic heterocycles. The van der Waals surface area contributed by atoms with Gasteiger partial charge < -0.3 is 15.8 Å². The van der Waals surface area contributed by atoms with Crippen LogP contribution in [0.1, 0.15) is 24.8 Å². The number of ether oxygens (including phenoxy) is 1. The Morgan fingerprint density at radius 2 is 2.28 bits per heavy atom. The van der Waals surface area contributed by atoms with Gasteiger partial charge in [0.25, 0.3) is 0 Å². The predicted octanol–water partition coefficient (Wildman–Crippen LogP) is 2.37. The summed E-state index contributed by atoms with van der Waals surface area (Å²) in [4.78, 5) is 0. The summed E-state index contributed by atoms with van der Waals surface area (Å²) in [6, 6.07) is 7.52. The van der Waals surface area contributed by atoms with Crippen LogP contribution in [-0.4, -0.2) is 19.8 Å². The maximum absolute atomic E-state index is 8.86. The number of hydrogen-bond acceptors (Lipinski definition) is 4. The molecule has 0 heterocycles. The lowest BCUT2D eigenvalue weighted by Gasteiger charge is -2.10. The number of nitrogens with one attached hydrogen (secondary N) is 1. The Balaban J connectivity index is 1.67. The Hall–Kier alpha value is -1.73. The molecule has 0 unspecified atom stereocenters. The quantitative estimate of drug-likeness (QED) is 0.571. The number of rotatable bonds is 7. The lowest BCUT2D eigenvalue weighted by molar-refractivity contribution is 0.124. The maximum atomic E-state index is 8.86. The van der Waals surface area contributed by atoms with Gasteiger partial charge in [-0.3, -0.25) is 0 Å². The Kier molecular flexibility index (Phi) is 4.43. The molecule has 1 aromatic carbocycles. The van der Waals surface area contributed by atoms with Gasteiger partial charge in [0.15, 0.2) is 0 Å². The molecule has 0 atom stereocenters. The molecule has 1 saturated carbocycles. The van der Waals surface area contributed by atoms with E-state index in [0.29, 0.717) is 11.3 Å². The molecule has 0 aromatic heterocycles. The van der Waals surface area contributed by atoms with Crippen LogP contribution >= 0.6 is 0 Å². The third-order valence-electron chi connectivity index (χ3n) is 3.06. The zero-order valence-corrected chi connectivity index (χ0v) is 10.5. The van der Waals surface area contributed by atoms with E-state index in [0.717, 1.165) is 37.8 Å². The number of hydrogen-bond donors (Lipinski definition) is 2. The van der Waals surface area contributed by atoms with Gasteiger partial charge in [-0.25, -0.2) is 0 Å². The summed E-state index contributed by atoms with van der Waals surface area (Å²) in [7, 11) is 0. The van der Waals surface area contributed by atoms with E-state index in [9.17, 15) is 0 Å². The number of nitrogens with two attached hydrogens (primary N) is 1. The topological polar surface area (TPSA) is 71.1 Å². The van der Waals surface area contributed by atoms with Crippen LogP contribution in [0.15, 0.2) is 18.2 Å². The molecule has 18 heavy (non-hydrogen) atoms. The molecule has 0 spiro atoms. The van der Waals surface area contributed by atoms with Crippen LogP contribution in [0.4, 0.5) is 11.4 Å². The zero-order valence-electron chi connectivity index (χ0n) is 10.5. The van der Waals surface area contributed by atoms with E-state index < -0.39 is 0 Å². The fourth-order valence-electron chi connectivity index (χ4n) is 1.75. The zero-order chi connectivity index (χ0) is 12.8. The number of nitriles is 1. The first-order valence-corrected chi connectivity index (χ1v) is 6.41. The predicted molar refractivity (Wildman–Crippen MR) is 72.2 cm³/mol. The second-order valence-corrected chi connectivity index (χ2v) is 4.68. The van der Waals surface area contributed by atoms with E-state index >= 15 is 0 Å². The lowest BCUT2D eigenvalue weighted by Crippen LogP contribution is -2.08. The fourth-order valence-corrected chi connectivity index (χ4v) is 1.75. The van der Waals surface area contributed by atoms with Gasteiger partial charge in [-0.1, -0.05) is 6.07 Å². The van der Waals surface area contributed by atoms with Crippen molar-refractivity contribution in [3.63, 3.8) is 0 Å². The molecule has 0 amide bonds. The molecule has 1 aliphatic carbocycles. The SMILES string of the molecule is N#Cc1cccc(NCCCOCC2CC2)c1N. The molecule has 3 N–H and O–H groups in total. The van der Waals surface area contributed by atoms with E-state index in [1.165, 1.54) is 12.8 Å². The van der Waals surface area contributed by atoms with E-state index in [2.05, 4.69) is 11.4 Å². The van der Waals surface area contributed by atoms with Crippen molar-refractivity contribution < 1.29 is 4.74 Å². The van der Waals surface area contributed by atoms with Crippen LogP contribution in [0.3, 0.4) is 0 Å². The molecule has 1 aliphatic rings. The third kappa shape index (κ3) is 3.64. The van der Waals surface area contributed by atoms with Gasteiger partial charge in [0.05, 0.1) is 16.9 Å². The third-order valence-corrected chi connectivity index (χ3v) is 3.06. The van der Waals surface area contributed by atoms with E-state index in [1.807, 2.05) is 12.1 Å². The van der Waals surface area contributed by atoms with Crippen LogP contribution in [-0.2, 0) is 4.74 Å². The van der Waals surface area contributed by atoms with Crippen LogP contribution < -0.4 is 11.1 Å². The first kappa shape index (κ1) is 12.7. The van der Waals surface area contributed by atoms with Crippen molar-refractivity contribution in [2.75, 3.05) is 30.8 Å². The van der Waals surface area contributed by atoms with Gasteiger partial charge in [0.2, 0.25) is 0 Å². The van der Waals surface area contributed by atoms with Crippen LogP contribution in [0.2, 0.25) is 0 Å². The Morgan fingerprint density at radius 1 is 1.44 bits per heavy atom. The van der Waals surface area contributed by atoms with Crippen molar-refractivity contribution >= 4 is 11.4 Å². The smallest absolute Gasteiger partial charge is 0.101 e. The summed E-state index contributed by atoms with van der Waals surface area (Å²) in [5.41, 5.74) is 7.74. The van der Waals surface area contributed by atoms with Crippen molar-refractivity contribution in [2.45, 2.75) is 19.3 Å². The average Bonchev–Trinajstić information content (AvgIpc) is 3.19. The Morgan fingerprint density at radius 3 is 3.00 bits per heavy atom. The lowest BCUT2D eigenvalue weighted by atomic mass is 10.1. The van der Waals surface area contributed by atoms with Gasteiger partial charge in [0, 0.05) is 19.8 Å². The van der Waals surface area contributed by atoms with Gasteiger partial charge in [-0.2, -0.15) is 5.26 Å². The molecule has 0 radical (unpaired) electrons. The van der Waals surface area contributed by atoms with E-state index in [1.54, 1.807) is 6.07 Å². The van der Waals surface area contributed by atoms with Crippen LogP contribution in [0, 0.1) is 17.2 Å². The minimum atomic E-state index is 0.519. The number of nitrogen functional groups attached to an aromatic ring is 1. The first-order valence-electron chi connectivity index (χ1n) is 6.41. The molecule has 4 nitrogen and oxygen atoms in total. The first-order chi connectivity index (χ1) is 8.81. The van der Waals surface area contributed by atoms with Gasteiger partial charge >= 0.3 is 0 Å². The highest BCUT2D eigenvalue weighted by atomic mass is 16.5. The average molecular weight is 245 g/mol. The molecule has 2 rings (SSSR count). The minimum absolute atomic E-state index is 0.519. The van der Waals surface area contributed by atoms with E-state index in [-0.39, 0.29) is 0 Å². The molecule has 4 heteroatoms. The summed E-state index contributed by atoms with van der Waals surface area (Å²) in [6.45, 7) is 2.50. The van der Waals surface area contributed by atoms with Crippen LogP contribution in [0.25, 0.3) is 0 Å². The highest BCUT2D eigenvalue weighted by molar-refractivity contribution is 5.72. The fraction of sp³-hybridized carbons (Fsp3) is 0.500. The van der Waals surface area contributed by atoms with Gasteiger partial charge in [-0.15, -0.1) is 0 Å². The number of para-hydroxylation sites is 1. The molecule has 96 valence electrons. The highest BCUT2D eigenvalue weighted by Crippen LogP contribution is 2.28.